The van der Waals surface area contributed by atoms with E-state index in [1.165, 1.54) is 29.0 Å². The summed E-state index contributed by atoms with van der Waals surface area (Å²) in [6.07, 6.45) is 2.16. The molecule has 0 unspecified atom stereocenters. The quantitative estimate of drug-likeness (QED) is 0.665. The SMILES string of the molecule is CCc1c(CC)c(C(C)C)n(CC[C@@H]2C[C@@H](O)CC(=O)O2)c1-c1ccc(F)cc1. The van der Waals surface area contributed by atoms with E-state index >= 15 is 0 Å². The molecule has 0 aliphatic carbocycles. The van der Waals surface area contributed by atoms with Gasteiger partial charge in [0.1, 0.15) is 11.9 Å². The average molecular weight is 402 g/mol. The Kier molecular flexibility index (Phi) is 6.78. The topological polar surface area (TPSA) is 51.5 Å². The third-order valence-corrected chi connectivity index (χ3v) is 5.80. The van der Waals surface area contributed by atoms with Crippen molar-refractivity contribution >= 4 is 5.97 Å². The molecule has 1 aromatic carbocycles. The molecule has 1 fully saturated rings. The van der Waals surface area contributed by atoms with Crippen molar-refractivity contribution in [2.75, 3.05) is 0 Å². The fraction of sp³-hybridized carbons (Fsp3) is 0.542. The Morgan fingerprint density at radius 1 is 1.17 bits per heavy atom. The lowest BCUT2D eigenvalue weighted by Crippen LogP contribution is -2.33. The van der Waals surface area contributed by atoms with E-state index in [-0.39, 0.29) is 24.3 Å². The second-order valence-electron chi connectivity index (χ2n) is 8.21. The zero-order valence-corrected chi connectivity index (χ0v) is 17.9. The van der Waals surface area contributed by atoms with E-state index < -0.39 is 6.10 Å². The van der Waals surface area contributed by atoms with E-state index in [1.807, 2.05) is 12.1 Å². The smallest absolute Gasteiger partial charge is 0.308 e. The van der Waals surface area contributed by atoms with Gasteiger partial charge < -0.3 is 14.4 Å². The molecule has 2 aromatic rings. The fourth-order valence-electron chi connectivity index (χ4n) is 4.66. The number of esters is 1. The van der Waals surface area contributed by atoms with E-state index in [0.29, 0.717) is 25.3 Å². The summed E-state index contributed by atoms with van der Waals surface area (Å²) in [5.41, 5.74) is 6.11. The monoisotopic (exact) mass is 401 g/mol. The highest BCUT2D eigenvalue weighted by atomic mass is 19.1. The zero-order chi connectivity index (χ0) is 21.1. The molecular weight excluding hydrogens is 369 g/mol. The maximum atomic E-state index is 13.5. The summed E-state index contributed by atoms with van der Waals surface area (Å²) >= 11 is 0. The zero-order valence-electron chi connectivity index (χ0n) is 17.9. The summed E-state index contributed by atoms with van der Waals surface area (Å²) in [6.45, 7) is 9.43. The third kappa shape index (κ3) is 4.55. The van der Waals surface area contributed by atoms with Gasteiger partial charge in [-0.3, -0.25) is 4.79 Å². The van der Waals surface area contributed by atoms with Crippen molar-refractivity contribution in [1.29, 1.82) is 0 Å². The van der Waals surface area contributed by atoms with Gasteiger partial charge in [-0.25, -0.2) is 4.39 Å². The molecule has 1 aromatic heterocycles. The molecule has 1 aliphatic heterocycles. The largest absolute Gasteiger partial charge is 0.462 e. The number of nitrogens with zero attached hydrogens (tertiary/aromatic N) is 1. The Bertz CT molecular complexity index is 854. The first kappa shape index (κ1) is 21.6. The maximum absolute atomic E-state index is 13.5. The molecule has 158 valence electrons. The highest BCUT2D eigenvalue weighted by molar-refractivity contribution is 5.71. The van der Waals surface area contributed by atoms with Crippen LogP contribution in [0.5, 0.6) is 0 Å². The van der Waals surface area contributed by atoms with Crippen LogP contribution >= 0.6 is 0 Å². The highest BCUT2D eigenvalue weighted by Crippen LogP contribution is 2.37. The van der Waals surface area contributed by atoms with Crippen molar-refractivity contribution in [2.45, 2.75) is 84.5 Å². The number of rotatable bonds is 7. The van der Waals surface area contributed by atoms with Gasteiger partial charge in [-0.1, -0.05) is 27.7 Å². The van der Waals surface area contributed by atoms with Gasteiger partial charge >= 0.3 is 5.97 Å². The minimum atomic E-state index is -0.621. The number of carbonyl (C=O) groups excluding carboxylic acids is 1. The Morgan fingerprint density at radius 2 is 1.83 bits per heavy atom. The van der Waals surface area contributed by atoms with Crippen LogP contribution in [0.25, 0.3) is 11.3 Å². The summed E-state index contributed by atoms with van der Waals surface area (Å²) in [4.78, 5) is 11.7. The van der Waals surface area contributed by atoms with E-state index in [1.54, 1.807) is 0 Å². The predicted octanol–water partition coefficient (Wildman–Crippen LogP) is 5.00. The number of hydrogen-bond donors (Lipinski definition) is 1. The van der Waals surface area contributed by atoms with E-state index in [4.69, 9.17) is 4.74 Å². The molecule has 0 radical (unpaired) electrons. The number of benzene rings is 1. The Labute approximate surface area is 172 Å². The first-order chi connectivity index (χ1) is 13.8. The minimum Gasteiger partial charge on any atom is -0.462 e. The second-order valence-corrected chi connectivity index (χ2v) is 8.21. The number of ether oxygens (including phenoxy) is 1. The lowest BCUT2D eigenvalue weighted by Gasteiger charge is -2.27. The number of hydrogen-bond acceptors (Lipinski definition) is 3. The number of aromatic nitrogens is 1. The fourth-order valence-corrected chi connectivity index (χ4v) is 4.66. The number of halogens is 1. The summed E-state index contributed by atoms with van der Waals surface area (Å²) in [6, 6.07) is 6.70. The highest BCUT2D eigenvalue weighted by Gasteiger charge is 2.29. The van der Waals surface area contributed by atoms with Crippen molar-refractivity contribution in [3.05, 3.63) is 46.9 Å². The van der Waals surface area contributed by atoms with Gasteiger partial charge in [0.15, 0.2) is 0 Å². The van der Waals surface area contributed by atoms with Gasteiger partial charge in [0, 0.05) is 25.1 Å². The van der Waals surface area contributed by atoms with Gasteiger partial charge in [-0.15, -0.1) is 0 Å². The van der Waals surface area contributed by atoms with E-state index in [2.05, 4.69) is 32.3 Å². The molecule has 0 bridgehead atoms. The number of aliphatic hydroxyl groups excluding tert-OH is 1. The molecule has 3 rings (SSSR count). The number of carbonyl (C=O) groups is 1. The normalized spacial score (nSPS) is 19.6. The van der Waals surface area contributed by atoms with Gasteiger partial charge in [0.05, 0.1) is 18.2 Å². The van der Waals surface area contributed by atoms with Gasteiger partial charge in [-0.05, 0) is 59.7 Å². The average Bonchev–Trinajstić information content (AvgIpc) is 2.99. The van der Waals surface area contributed by atoms with Crippen LogP contribution in [0.15, 0.2) is 24.3 Å². The number of aliphatic hydroxyl groups is 1. The standard InChI is InChI=1S/C24H32FNO3/c1-5-20-21(6-2)24(16-7-9-17(25)10-8-16)26(23(20)15(3)4)12-11-19-13-18(27)14-22(28)29-19/h7-10,15,18-19,27H,5-6,11-14H2,1-4H3/t18-,19-/m1/s1. The molecule has 0 saturated carbocycles. The Balaban J connectivity index is 2.04. The summed E-state index contributed by atoms with van der Waals surface area (Å²) in [7, 11) is 0. The summed E-state index contributed by atoms with van der Waals surface area (Å²) in [5.74, 6) is -0.232. The van der Waals surface area contributed by atoms with Crippen LogP contribution in [0.4, 0.5) is 4.39 Å². The lowest BCUT2D eigenvalue weighted by atomic mass is 9.97. The summed E-state index contributed by atoms with van der Waals surface area (Å²) < 4.78 is 21.4. The van der Waals surface area contributed by atoms with Crippen LogP contribution in [0.2, 0.25) is 0 Å². The van der Waals surface area contributed by atoms with Crippen LogP contribution in [-0.2, 0) is 28.9 Å². The first-order valence-corrected chi connectivity index (χ1v) is 10.7. The molecule has 2 heterocycles. The molecule has 1 saturated heterocycles. The molecule has 29 heavy (non-hydrogen) atoms. The molecule has 0 amide bonds. The van der Waals surface area contributed by atoms with E-state index in [9.17, 15) is 14.3 Å². The van der Waals surface area contributed by atoms with Gasteiger partial charge in [-0.2, -0.15) is 0 Å². The van der Waals surface area contributed by atoms with Gasteiger partial charge in [0.25, 0.3) is 0 Å². The first-order valence-electron chi connectivity index (χ1n) is 10.7. The minimum absolute atomic E-state index is 0.0814. The van der Waals surface area contributed by atoms with Crippen molar-refractivity contribution in [3.63, 3.8) is 0 Å². The lowest BCUT2D eigenvalue weighted by molar-refractivity contribution is -0.160. The van der Waals surface area contributed by atoms with Crippen molar-refractivity contribution in [3.8, 4) is 11.3 Å². The van der Waals surface area contributed by atoms with Crippen molar-refractivity contribution < 1.29 is 19.0 Å². The second kappa shape index (κ2) is 9.12. The van der Waals surface area contributed by atoms with Crippen LogP contribution < -0.4 is 0 Å². The van der Waals surface area contributed by atoms with Crippen LogP contribution in [0, 0.1) is 5.82 Å². The third-order valence-electron chi connectivity index (χ3n) is 5.80. The van der Waals surface area contributed by atoms with Gasteiger partial charge in [0.2, 0.25) is 0 Å². The predicted molar refractivity (Wildman–Crippen MR) is 112 cm³/mol. The molecule has 1 aliphatic rings. The van der Waals surface area contributed by atoms with Crippen LogP contribution in [0.1, 0.15) is 69.7 Å². The van der Waals surface area contributed by atoms with E-state index in [0.717, 1.165) is 24.1 Å². The Morgan fingerprint density at radius 3 is 2.38 bits per heavy atom. The molecular formula is C24H32FNO3. The number of cyclic esters (lactones) is 1. The maximum Gasteiger partial charge on any atom is 0.308 e. The van der Waals surface area contributed by atoms with Crippen LogP contribution in [-0.4, -0.2) is 27.9 Å². The molecule has 2 atom stereocenters. The molecule has 4 nitrogen and oxygen atoms in total. The summed E-state index contributed by atoms with van der Waals surface area (Å²) in [5, 5.41) is 9.93. The molecule has 5 heteroatoms. The Hall–Kier alpha value is -2.14. The molecule has 1 N–H and O–H groups in total. The van der Waals surface area contributed by atoms with Crippen molar-refractivity contribution in [2.24, 2.45) is 0 Å². The van der Waals surface area contributed by atoms with Crippen LogP contribution in [0.3, 0.4) is 0 Å². The van der Waals surface area contributed by atoms with Crippen molar-refractivity contribution in [1.82, 2.24) is 4.57 Å². The molecule has 0 spiro atoms.